The Hall–Kier alpha value is -0.420. The van der Waals surface area contributed by atoms with Gasteiger partial charge < -0.3 is 15.2 Å². The van der Waals surface area contributed by atoms with Crippen LogP contribution in [0, 0.1) is 0 Å². The van der Waals surface area contributed by atoms with Gasteiger partial charge in [0.05, 0.1) is 11.0 Å². The van der Waals surface area contributed by atoms with Gasteiger partial charge in [-0.1, -0.05) is 24.4 Å². The maximum absolute atomic E-state index is 10.4. The Kier molecular flexibility index (Phi) is 5.95. The molecule has 0 spiro atoms. The Labute approximate surface area is 110 Å². The van der Waals surface area contributed by atoms with Crippen LogP contribution in [0.1, 0.15) is 17.3 Å². The van der Waals surface area contributed by atoms with Gasteiger partial charge in [0.2, 0.25) is 0 Å². The fraction of sp³-hybridized carbons (Fsp3) is 0.111. The second-order valence-electron chi connectivity index (χ2n) is 2.55. The van der Waals surface area contributed by atoms with Crippen LogP contribution in [-0.2, 0) is 0 Å². The second-order valence-corrected chi connectivity index (χ2v) is 3.16. The normalized spacial score (nSPS) is 8.64. The van der Waals surface area contributed by atoms with Crippen molar-refractivity contribution >= 4 is 28.9 Å². The topological polar surface area (TPSA) is 52.2 Å². The van der Waals surface area contributed by atoms with Crippen molar-refractivity contribution in [3.05, 3.63) is 29.8 Å². The third-order valence-electron chi connectivity index (χ3n) is 1.44. The van der Waals surface area contributed by atoms with Gasteiger partial charge in [-0.3, -0.25) is 0 Å². The average molecular weight is 217 g/mol. The molecule has 0 amide bonds. The van der Waals surface area contributed by atoms with Gasteiger partial charge in [0.25, 0.3) is 0 Å². The number of hydrogen-bond acceptors (Lipinski definition) is 3. The summed E-state index contributed by atoms with van der Waals surface area (Å²) in [4.78, 5) is 11.0. The fourth-order valence-corrected chi connectivity index (χ4v) is 1.01. The SMILES string of the molecule is CC(=S)Nc1ccc(C(=O)[O-])cc1.[Na+]. The Balaban J connectivity index is 0.00000169. The first-order chi connectivity index (χ1) is 6.09. The van der Waals surface area contributed by atoms with Crippen molar-refractivity contribution in [2.45, 2.75) is 6.92 Å². The molecule has 1 aromatic rings. The predicted octanol–water partition coefficient (Wildman–Crippen LogP) is -2.19. The maximum Gasteiger partial charge on any atom is 1.00 e. The molecule has 0 aliphatic carbocycles. The molecule has 1 rings (SSSR count). The van der Waals surface area contributed by atoms with Crippen LogP contribution in [0.3, 0.4) is 0 Å². The average Bonchev–Trinajstić information content (AvgIpc) is 2.04. The number of hydrogen-bond donors (Lipinski definition) is 1. The van der Waals surface area contributed by atoms with Crippen molar-refractivity contribution in [3.63, 3.8) is 0 Å². The molecule has 0 heterocycles. The number of rotatable bonds is 2. The van der Waals surface area contributed by atoms with Gasteiger partial charge in [-0.2, -0.15) is 0 Å². The zero-order chi connectivity index (χ0) is 9.84. The van der Waals surface area contributed by atoms with Crippen molar-refractivity contribution in [3.8, 4) is 0 Å². The van der Waals surface area contributed by atoms with Gasteiger partial charge >= 0.3 is 29.6 Å². The smallest absolute Gasteiger partial charge is 0.545 e. The van der Waals surface area contributed by atoms with Crippen molar-refractivity contribution in [2.24, 2.45) is 0 Å². The van der Waals surface area contributed by atoms with E-state index in [2.05, 4.69) is 5.32 Å². The van der Waals surface area contributed by atoms with Crippen LogP contribution in [-0.4, -0.2) is 11.0 Å². The Morgan fingerprint density at radius 1 is 1.36 bits per heavy atom. The molecule has 0 atom stereocenters. The standard InChI is InChI=1S/C9H9NO2S.Na/c1-6(13)10-8-4-2-7(3-5-8)9(11)12;/h2-5H,1H3,(H,10,13)(H,11,12);/q;+1/p-1. The van der Waals surface area contributed by atoms with E-state index in [4.69, 9.17) is 12.2 Å². The summed E-state index contributed by atoms with van der Waals surface area (Å²) in [5, 5.41) is 13.3. The Morgan fingerprint density at radius 2 is 1.86 bits per heavy atom. The molecule has 0 aromatic heterocycles. The van der Waals surface area contributed by atoms with E-state index < -0.39 is 5.97 Å². The van der Waals surface area contributed by atoms with Crippen LogP contribution in [0.4, 0.5) is 5.69 Å². The number of carbonyl (C=O) groups excluding carboxylic acids is 1. The molecule has 0 saturated heterocycles. The number of anilines is 1. The fourth-order valence-electron chi connectivity index (χ4n) is 0.893. The summed E-state index contributed by atoms with van der Waals surface area (Å²) >= 11 is 4.82. The van der Waals surface area contributed by atoms with Crippen molar-refractivity contribution < 1.29 is 39.5 Å². The molecule has 5 heteroatoms. The number of carbonyl (C=O) groups is 1. The van der Waals surface area contributed by atoms with E-state index in [9.17, 15) is 9.90 Å². The van der Waals surface area contributed by atoms with Crippen molar-refractivity contribution in [2.75, 3.05) is 5.32 Å². The molecule has 1 aromatic carbocycles. The van der Waals surface area contributed by atoms with Crippen LogP contribution >= 0.6 is 12.2 Å². The minimum Gasteiger partial charge on any atom is -0.545 e. The van der Waals surface area contributed by atoms with Crippen LogP contribution in [0.2, 0.25) is 0 Å². The van der Waals surface area contributed by atoms with E-state index in [-0.39, 0.29) is 35.1 Å². The molecule has 14 heavy (non-hydrogen) atoms. The molecule has 0 fully saturated rings. The summed E-state index contributed by atoms with van der Waals surface area (Å²) in [5.41, 5.74) is 0.935. The quantitative estimate of drug-likeness (QED) is 0.452. The third-order valence-corrected chi connectivity index (χ3v) is 1.54. The summed E-state index contributed by atoms with van der Waals surface area (Å²) in [6, 6.07) is 6.22. The summed E-state index contributed by atoms with van der Waals surface area (Å²) in [6.07, 6.45) is 0. The monoisotopic (exact) mass is 217 g/mol. The van der Waals surface area contributed by atoms with Gasteiger partial charge in [-0.05, 0) is 24.6 Å². The van der Waals surface area contributed by atoms with Gasteiger partial charge in [-0.15, -0.1) is 0 Å². The van der Waals surface area contributed by atoms with Crippen LogP contribution in [0.15, 0.2) is 24.3 Å². The van der Waals surface area contributed by atoms with E-state index in [1.807, 2.05) is 0 Å². The summed E-state index contributed by atoms with van der Waals surface area (Å²) in [5.74, 6) is -1.18. The Bertz CT molecular complexity index is 337. The van der Waals surface area contributed by atoms with Gasteiger partial charge in [0.1, 0.15) is 0 Å². The number of benzene rings is 1. The first-order valence-electron chi connectivity index (χ1n) is 3.68. The molecule has 3 nitrogen and oxygen atoms in total. The summed E-state index contributed by atoms with van der Waals surface area (Å²) in [6.45, 7) is 1.75. The Morgan fingerprint density at radius 3 is 2.21 bits per heavy atom. The second kappa shape index (κ2) is 6.14. The van der Waals surface area contributed by atoms with Crippen molar-refractivity contribution in [1.29, 1.82) is 0 Å². The van der Waals surface area contributed by atoms with Gasteiger partial charge in [0.15, 0.2) is 0 Å². The molecule has 0 saturated carbocycles. The first-order valence-corrected chi connectivity index (χ1v) is 4.09. The summed E-state index contributed by atoms with van der Waals surface area (Å²) in [7, 11) is 0. The van der Waals surface area contributed by atoms with Gasteiger partial charge in [-0.25, -0.2) is 0 Å². The number of carboxylic acids is 1. The van der Waals surface area contributed by atoms with E-state index in [1.165, 1.54) is 12.1 Å². The third kappa shape index (κ3) is 4.19. The molecular formula is C9H8NNaO2S. The molecule has 68 valence electrons. The van der Waals surface area contributed by atoms with Crippen LogP contribution < -0.4 is 40.0 Å². The maximum atomic E-state index is 10.4. The summed E-state index contributed by atoms with van der Waals surface area (Å²) < 4.78 is 0. The van der Waals surface area contributed by atoms with E-state index in [1.54, 1.807) is 19.1 Å². The number of carboxylic acid groups (broad SMARTS) is 1. The minimum atomic E-state index is -1.18. The van der Waals surface area contributed by atoms with Gasteiger partial charge in [0, 0.05) is 5.69 Å². The molecule has 0 unspecified atom stereocenters. The predicted molar refractivity (Wildman–Crippen MR) is 52.7 cm³/mol. The van der Waals surface area contributed by atoms with Crippen LogP contribution in [0.5, 0.6) is 0 Å². The van der Waals surface area contributed by atoms with Crippen LogP contribution in [0.25, 0.3) is 0 Å². The first kappa shape index (κ1) is 13.6. The largest absolute Gasteiger partial charge is 1.00 e. The molecular weight excluding hydrogens is 209 g/mol. The molecule has 0 aliphatic heterocycles. The molecule has 1 N–H and O–H groups in total. The number of nitrogens with one attached hydrogen (secondary N) is 1. The number of aromatic carboxylic acids is 1. The zero-order valence-corrected chi connectivity index (χ0v) is 10.9. The molecule has 0 radical (unpaired) electrons. The van der Waals surface area contributed by atoms with Crippen molar-refractivity contribution in [1.82, 2.24) is 0 Å². The molecule has 0 aliphatic rings. The zero-order valence-electron chi connectivity index (χ0n) is 8.03. The number of thiocarbonyl (C=S) groups is 1. The minimum absolute atomic E-state index is 0. The van der Waals surface area contributed by atoms with E-state index >= 15 is 0 Å². The van der Waals surface area contributed by atoms with E-state index in [0.29, 0.717) is 4.99 Å². The molecule has 0 bridgehead atoms. The van der Waals surface area contributed by atoms with E-state index in [0.717, 1.165) is 5.69 Å².